The first-order valence-corrected chi connectivity index (χ1v) is 9.85. The summed E-state index contributed by atoms with van der Waals surface area (Å²) in [7, 11) is -3.66. The Morgan fingerprint density at radius 2 is 1.73 bits per heavy atom. The number of ketones is 1. The lowest BCUT2D eigenvalue weighted by Crippen LogP contribution is -2.24. The fourth-order valence-electron chi connectivity index (χ4n) is 2.85. The van der Waals surface area contributed by atoms with E-state index in [1.165, 1.54) is 31.2 Å². The molecule has 0 atom stereocenters. The Hall–Kier alpha value is -2.51. The highest BCUT2D eigenvalue weighted by molar-refractivity contribution is 7.89. The van der Waals surface area contributed by atoms with Gasteiger partial charge in [-0.3, -0.25) is 9.59 Å². The van der Waals surface area contributed by atoms with Crippen LogP contribution in [-0.2, 0) is 21.4 Å². The molecule has 1 aliphatic rings. The maximum Gasteiger partial charge on any atom is 0.240 e. The number of hydrogen-bond acceptors (Lipinski definition) is 4. The van der Waals surface area contributed by atoms with Crippen LogP contribution in [0.4, 0.5) is 5.69 Å². The van der Waals surface area contributed by atoms with Crippen LogP contribution in [0.1, 0.15) is 35.7 Å². The van der Waals surface area contributed by atoms with Crippen LogP contribution in [0.15, 0.2) is 53.4 Å². The van der Waals surface area contributed by atoms with Crippen LogP contribution in [0.25, 0.3) is 0 Å². The highest BCUT2D eigenvalue weighted by atomic mass is 32.2. The van der Waals surface area contributed by atoms with E-state index in [0.29, 0.717) is 12.0 Å². The lowest BCUT2D eigenvalue weighted by atomic mass is 10.2. The second kappa shape index (κ2) is 7.39. The predicted molar refractivity (Wildman–Crippen MR) is 98.5 cm³/mol. The highest BCUT2D eigenvalue weighted by Gasteiger charge is 2.21. The second-order valence-electron chi connectivity index (χ2n) is 6.22. The summed E-state index contributed by atoms with van der Waals surface area (Å²) in [5, 5.41) is 0. The molecule has 2 aromatic rings. The molecule has 0 bridgehead atoms. The van der Waals surface area contributed by atoms with Crippen LogP contribution in [0.2, 0.25) is 0 Å². The maximum absolute atomic E-state index is 12.4. The van der Waals surface area contributed by atoms with Crippen LogP contribution in [0.5, 0.6) is 0 Å². The Balaban J connectivity index is 1.65. The van der Waals surface area contributed by atoms with Gasteiger partial charge in [0.15, 0.2) is 5.78 Å². The zero-order chi connectivity index (χ0) is 18.7. The van der Waals surface area contributed by atoms with Gasteiger partial charge in [-0.2, -0.15) is 0 Å². The molecule has 0 spiro atoms. The van der Waals surface area contributed by atoms with Gasteiger partial charge in [0.2, 0.25) is 15.9 Å². The molecule has 0 aromatic heterocycles. The predicted octanol–water partition coefficient (Wildman–Crippen LogP) is 2.49. The SMILES string of the molecule is CC(=O)c1ccc(S(=O)(=O)NCc2ccc(N3CCCC3=O)cc2)cc1. The molecule has 0 saturated carbocycles. The van der Waals surface area contributed by atoms with E-state index in [4.69, 9.17) is 0 Å². The first kappa shape index (κ1) is 18.3. The topological polar surface area (TPSA) is 83.6 Å². The van der Waals surface area contributed by atoms with Crippen molar-refractivity contribution < 1.29 is 18.0 Å². The van der Waals surface area contributed by atoms with Gasteiger partial charge < -0.3 is 4.90 Å². The fraction of sp³-hybridized carbons (Fsp3) is 0.263. The number of nitrogens with zero attached hydrogens (tertiary/aromatic N) is 1. The molecule has 0 radical (unpaired) electrons. The monoisotopic (exact) mass is 372 g/mol. The standard InChI is InChI=1S/C19H20N2O4S/c1-14(22)16-6-10-18(11-7-16)26(24,25)20-13-15-4-8-17(9-5-15)21-12-2-3-19(21)23/h4-11,20H,2-3,12-13H2,1H3. The van der Waals surface area contributed by atoms with Gasteiger partial charge in [0.25, 0.3) is 0 Å². The maximum atomic E-state index is 12.4. The summed E-state index contributed by atoms with van der Waals surface area (Å²) in [4.78, 5) is 24.9. The minimum atomic E-state index is -3.66. The van der Waals surface area contributed by atoms with Crippen molar-refractivity contribution in [3.8, 4) is 0 Å². The quantitative estimate of drug-likeness (QED) is 0.790. The molecule has 7 heteroatoms. The van der Waals surface area contributed by atoms with Crippen LogP contribution in [0, 0.1) is 0 Å². The molecule has 1 saturated heterocycles. The van der Waals surface area contributed by atoms with E-state index in [-0.39, 0.29) is 23.1 Å². The third-order valence-electron chi connectivity index (χ3n) is 4.36. The van der Waals surface area contributed by atoms with Crippen molar-refractivity contribution in [2.75, 3.05) is 11.4 Å². The zero-order valence-corrected chi connectivity index (χ0v) is 15.3. The van der Waals surface area contributed by atoms with Gasteiger partial charge >= 0.3 is 0 Å². The van der Waals surface area contributed by atoms with E-state index in [1.54, 1.807) is 4.90 Å². The van der Waals surface area contributed by atoms with Crippen LogP contribution in [0.3, 0.4) is 0 Å². The summed E-state index contributed by atoms with van der Waals surface area (Å²) in [6, 6.07) is 13.1. The zero-order valence-electron chi connectivity index (χ0n) is 14.4. The van der Waals surface area contributed by atoms with E-state index in [0.717, 1.165) is 24.2 Å². The van der Waals surface area contributed by atoms with Gasteiger partial charge in [0.05, 0.1) is 4.90 Å². The molecule has 0 aliphatic carbocycles. The minimum absolute atomic E-state index is 0.113. The summed E-state index contributed by atoms with van der Waals surface area (Å²) in [6.45, 7) is 2.30. The number of anilines is 1. The lowest BCUT2D eigenvalue weighted by Gasteiger charge is -2.16. The third kappa shape index (κ3) is 4.00. The van der Waals surface area contributed by atoms with Crippen molar-refractivity contribution in [3.05, 3.63) is 59.7 Å². The van der Waals surface area contributed by atoms with E-state index in [9.17, 15) is 18.0 Å². The Kier molecular flexibility index (Phi) is 5.20. The fourth-order valence-corrected chi connectivity index (χ4v) is 3.86. The molecule has 1 aliphatic heterocycles. The second-order valence-corrected chi connectivity index (χ2v) is 7.99. The average Bonchev–Trinajstić information content (AvgIpc) is 3.06. The average molecular weight is 372 g/mol. The van der Waals surface area contributed by atoms with Crippen LogP contribution in [-0.4, -0.2) is 26.7 Å². The van der Waals surface area contributed by atoms with Gasteiger partial charge in [0, 0.05) is 30.8 Å². The van der Waals surface area contributed by atoms with E-state index >= 15 is 0 Å². The molecular formula is C19H20N2O4S. The smallest absolute Gasteiger partial charge is 0.240 e. The van der Waals surface area contributed by atoms with E-state index < -0.39 is 10.0 Å². The normalized spacial score (nSPS) is 14.7. The number of hydrogen-bond donors (Lipinski definition) is 1. The van der Waals surface area contributed by atoms with E-state index in [2.05, 4.69) is 4.72 Å². The Morgan fingerprint density at radius 1 is 1.08 bits per heavy atom. The van der Waals surface area contributed by atoms with Crippen molar-refractivity contribution in [2.45, 2.75) is 31.2 Å². The number of amides is 1. The number of carbonyl (C=O) groups excluding carboxylic acids is 2. The molecule has 1 heterocycles. The lowest BCUT2D eigenvalue weighted by molar-refractivity contribution is -0.117. The largest absolute Gasteiger partial charge is 0.312 e. The Bertz CT molecular complexity index is 919. The third-order valence-corrected chi connectivity index (χ3v) is 5.78. The van der Waals surface area contributed by atoms with Gasteiger partial charge in [-0.15, -0.1) is 0 Å². The molecule has 1 N–H and O–H groups in total. The number of Topliss-reactive ketones (excluding diaryl/α,β-unsaturated/α-hetero) is 1. The van der Waals surface area contributed by atoms with Crippen molar-refractivity contribution in [2.24, 2.45) is 0 Å². The van der Waals surface area contributed by atoms with Gasteiger partial charge in [-0.1, -0.05) is 24.3 Å². The molecule has 1 amide bonds. The van der Waals surface area contributed by atoms with Gasteiger partial charge in [0.1, 0.15) is 0 Å². The number of carbonyl (C=O) groups is 2. The summed E-state index contributed by atoms with van der Waals surface area (Å²) in [5.41, 5.74) is 2.10. The highest BCUT2D eigenvalue weighted by Crippen LogP contribution is 2.21. The molecule has 136 valence electrons. The Morgan fingerprint density at radius 3 is 2.27 bits per heavy atom. The van der Waals surface area contributed by atoms with E-state index in [1.807, 2.05) is 24.3 Å². The van der Waals surface area contributed by atoms with Gasteiger partial charge in [-0.05, 0) is 43.2 Å². The van der Waals surface area contributed by atoms with Crippen LogP contribution < -0.4 is 9.62 Å². The van der Waals surface area contributed by atoms with Crippen LogP contribution >= 0.6 is 0 Å². The summed E-state index contributed by atoms with van der Waals surface area (Å²) >= 11 is 0. The van der Waals surface area contributed by atoms with Gasteiger partial charge in [-0.25, -0.2) is 13.1 Å². The minimum Gasteiger partial charge on any atom is -0.312 e. The molecular weight excluding hydrogens is 352 g/mol. The number of benzene rings is 2. The first-order chi connectivity index (χ1) is 12.4. The molecule has 3 rings (SSSR count). The summed E-state index contributed by atoms with van der Waals surface area (Å²) in [5.74, 6) is 0.00550. The summed E-state index contributed by atoms with van der Waals surface area (Å²) in [6.07, 6.45) is 1.44. The Labute approximate surface area is 152 Å². The molecule has 6 nitrogen and oxygen atoms in total. The molecule has 2 aromatic carbocycles. The van der Waals surface area contributed by atoms with Crippen molar-refractivity contribution in [3.63, 3.8) is 0 Å². The first-order valence-electron chi connectivity index (χ1n) is 8.37. The molecule has 26 heavy (non-hydrogen) atoms. The number of rotatable bonds is 6. The van der Waals surface area contributed by atoms with Crippen molar-refractivity contribution >= 4 is 27.4 Å². The van der Waals surface area contributed by atoms with Crippen molar-refractivity contribution in [1.29, 1.82) is 0 Å². The summed E-state index contributed by atoms with van der Waals surface area (Å²) < 4.78 is 27.3. The number of nitrogens with one attached hydrogen (secondary N) is 1. The van der Waals surface area contributed by atoms with Crippen molar-refractivity contribution in [1.82, 2.24) is 4.72 Å². The molecule has 1 fully saturated rings. The number of sulfonamides is 1. The molecule has 0 unspecified atom stereocenters.